The highest BCUT2D eigenvalue weighted by molar-refractivity contribution is 7.92. The summed E-state index contributed by atoms with van der Waals surface area (Å²) < 4.78 is 53.3. The van der Waals surface area contributed by atoms with Crippen LogP contribution in [-0.4, -0.2) is 13.5 Å². The van der Waals surface area contributed by atoms with Gasteiger partial charge >= 0.3 is 0 Å². The molecule has 0 unspecified atom stereocenters. The molecule has 0 saturated carbocycles. The Morgan fingerprint density at radius 3 is 2.57 bits per heavy atom. The Labute approximate surface area is 125 Å². The van der Waals surface area contributed by atoms with Crippen LogP contribution in [-0.2, 0) is 16.6 Å². The van der Waals surface area contributed by atoms with Crippen LogP contribution in [0.1, 0.15) is 5.56 Å². The van der Waals surface area contributed by atoms with Gasteiger partial charge in [-0.3, -0.25) is 4.72 Å². The molecule has 112 valence electrons. The molecule has 0 atom stereocenters. The number of rotatable bonds is 4. The number of hydrogen-bond acceptors (Lipinski definition) is 3. The SMILES string of the molecule is O=S(=O)(Nc1cccc(Cl)c1F)c1cc(F)ccc1CO. The summed E-state index contributed by atoms with van der Waals surface area (Å²) in [5.74, 6) is -1.73. The standard InChI is InChI=1S/C13H10ClF2NO3S/c14-10-2-1-3-11(13(10)16)17-21(19,20)12-6-9(15)5-4-8(12)7-18/h1-6,17-18H,7H2. The number of hydrogen-bond donors (Lipinski definition) is 2. The Morgan fingerprint density at radius 2 is 1.90 bits per heavy atom. The molecule has 4 nitrogen and oxygen atoms in total. The summed E-state index contributed by atoms with van der Waals surface area (Å²) in [4.78, 5) is -0.468. The van der Waals surface area contributed by atoms with Crippen molar-refractivity contribution in [3.63, 3.8) is 0 Å². The summed E-state index contributed by atoms with van der Waals surface area (Å²) in [6.45, 7) is -0.603. The van der Waals surface area contributed by atoms with Crippen molar-refractivity contribution in [1.29, 1.82) is 0 Å². The van der Waals surface area contributed by atoms with E-state index < -0.39 is 33.2 Å². The van der Waals surface area contributed by atoms with E-state index in [1.807, 2.05) is 4.72 Å². The number of sulfonamides is 1. The van der Waals surface area contributed by atoms with E-state index in [0.29, 0.717) is 0 Å². The number of nitrogens with one attached hydrogen (secondary N) is 1. The van der Waals surface area contributed by atoms with E-state index in [4.69, 9.17) is 16.7 Å². The van der Waals surface area contributed by atoms with E-state index in [2.05, 4.69) is 0 Å². The second-order valence-corrected chi connectivity index (χ2v) is 6.18. The molecule has 0 aromatic heterocycles. The Morgan fingerprint density at radius 1 is 1.19 bits per heavy atom. The average Bonchev–Trinajstić information content (AvgIpc) is 2.44. The minimum atomic E-state index is -4.27. The average molecular weight is 334 g/mol. The third-order valence-corrected chi connectivity index (χ3v) is 4.42. The van der Waals surface area contributed by atoms with Crippen molar-refractivity contribution in [2.24, 2.45) is 0 Å². The highest BCUT2D eigenvalue weighted by atomic mass is 35.5. The number of aliphatic hydroxyl groups excluding tert-OH is 1. The summed E-state index contributed by atoms with van der Waals surface area (Å²) in [6.07, 6.45) is 0. The van der Waals surface area contributed by atoms with Gasteiger partial charge in [0.1, 0.15) is 5.82 Å². The maximum absolute atomic E-state index is 13.7. The van der Waals surface area contributed by atoms with Crippen molar-refractivity contribution in [2.75, 3.05) is 4.72 Å². The van der Waals surface area contributed by atoms with Gasteiger partial charge in [-0.2, -0.15) is 0 Å². The lowest BCUT2D eigenvalue weighted by atomic mass is 10.2. The second-order valence-electron chi connectivity index (χ2n) is 4.12. The summed E-state index contributed by atoms with van der Waals surface area (Å²) in [6, 6.07) is 6.70. The predicted molar refractivity (Wildman–Crippen MR) is 74.5 cm³/mol. The van der Waals surface area contributed by atoms with Crippen LogP contribution in [0.3, 0.4) is 0 Å². The van der Waals surface area contributed by atoms with Crippen LogP contribution in [0.2, 0.25) is 5.02 Å². The lowest BCUT2D eigenvalue weighted by molar-refractivity contribution is 0.278. The smallest absolute Gasteiger partial charge is 0.262 e. The second kappa shape index (κ2) is 5.97. The normalized spacial score (nSPS) is 11.4. The molecular weight excluding hydrogens is 324 g/mol. The van der Waals surface area contributed by atoms with Crippen molar-refractivity contribution >= 4 is 27.3 Å². The quantitative estimate of drug-likeness (QED) is 0.904. The molecule has 0 saturated heterocycles. The van der Waals surface area contributed by atoms with Gasteiger partial charge in [0.2, 0.25) is 0 Å². The molecule has 2 aromatic carbocycles. The molecule has 8 heteroatoms. The molecule has 0 radical (unpaired) electrons. The minimum Gasteiger partial charge on any atom is -0.392 e. The van der Waals surface area contributed by atoms with Crippen LogP contribution in [0.5, 0.6) is 0 Å². The third kappa shape index (κ3) is 3.31. The highest BCUT2D eigenvalue weighted by Crippen LogP contribution is 2.26. The van der Waals surface area contributed by atoms with E-state index in [9.17, 15) is 17.2 Å². The van der Waals surface area contributed by atoms with Gasteiger partial charge in [-0.25, -0.2) is 17.2 Å². The molecule has 0 fully saturated rings. The van der Waals surface area contributed by atoms with Crippen molar-refractivity contribution in [2.45, 2.75) is 11.5 Å². The van der Waals surface area contributed by atoms with Crippen LogP contribution in [0.15, 0.2) is 41.3 Å². The first kappa shape index (κ1) is 15.7. The molecule has 0 bridgehead atoms. The maximum Gasteiger partial charge on any atom is 0.262 e. The van der Waals surface area contributed by atoms with Gasteiger partial charge in [0.25, 0.3) is 10.0 Å². The zero-order valence-corrected chi connectivity index (χ0v) is 12.0. The van der Waals surface area contributed by atoms with Crippen molar-refractivity contribution in [1.82, 2.24) is 0 Å². The van der Waals surface area contributed by atoms with Gasteiger partial charge in [-0.05, 0) is 29.8 Å². The van der Waals surface area contributed by atoms with Gasteiger partial charge in [-0.15, -0.1) is 0 Å². The number of aliphatic hydroxyl groups is 1. The fourth-order valence-corrected chi connectivity index (χ4v) is 3.17. The van der Waals surface area contributed by atoms with Gasteiger partial charge < -0.3 is 5.11 Å². The van der Waals surface area contributed by atoms with Crippen LogP contribution in [0.4, 0.5) is 14.5 Å². The molecule has 0 spiro atoms. The Bertz CT molecular complexity index is 781. The van der Waals surface area contributed by atoms with E-state index in [-0.39, 0.29) is 16.3 Å². The summed E-state index contributed by atoms with van der Waals surface area (Å²) in [5.41, 5.74) is -0.373. The fraction of sp³-hybridized carbons (Fsp3) is 0.0769. The molecule has 2 rings (SSSR count). The number of halogens is 3. The monoisotopic (exact) mass is 333 g/mol. The molecule has 0 amide bonds. The van der Waals surface area contributed by atoms with Gasteiger partial charge in [0.15, 0.2) is 5.82 Å². The third-order valence-electron chi connectivity index (χ3n) is 2.68. The van der Waals surface area contributed by atoms with Crippen molar-refractivity contribution in [3.8, 4) is 0 Å². The zero-order valence-electron chi connectivity index (χ0n) is 10.5. The molecule has 0 heterocycles. The first-order valence-corrected chi connectivity index (χ1v) is 7.57. The van der Waals surface area contributed by atoms with Gasteiger partial charge in [0.05, 0.1) is 22.2 Å². The Hall–Kier alpha value is -1.70. The molecule has 21 heavy (non-hydrogen) atoms. The molecular formula is C13H10ClF2NO3S. The fourth-order valence-electron chi connectivity index (χ4n) is 1.69. The maximum atomic E-state index is 13.7. The van der Waals surface area contributed by atoms with Crippen LogP contribution < -0.4 is 4.72 Å². The minimum absolute atomic E-state index is 0.00802. The van der Waals surface area contributed by atoms with E-state index >= 15 is 0 Å². The van der Waals surface area contributed by atoms with Crippen LogP contribution in [0.25, 0.3) is 0 Å². The largest absolute Gasteiger partial charge is 0.392 e. The Balaban J connectivity index is 2.48. The van der Waals surface area contributed by atoms with Crippen molar-refractivity contribution in [3.05, 3.63) is 58.6 Å². The predicted octanol–water partition coefficient (Wildman–Crippen LogP) is 2.91. The van der Waals surface area contributed by atoms with Gasteiger partial charge in [-0.1, -0.05) is 23.7 Å². The molecule has 2 aromatic rings. The number of benzene rings is 2. The number of anilines is 1. The van der Waals surface area contributed by atoms with Gasteiger partial charge in [0, 0.05) is 0 Å². The highest BCUT2D eigenvalue weighted by Gasteiger charge is 2.21. The molecule has 0 aliphatic rings. The topological polar surface area (TPSA) is 66.4 Å². The van der Waals surface area contributed by atoms with E-state index in [1.54, 1.807) is 0 Å². The summed E-state index contributed by atoms with van der Waals surface area (Å²) >= 11 is 5.56. The van der Waals surface area contributed by atoms with E-state index in [1.165, 1.54) is 18.2 Å². The lowest BCUT2D eigenvalue weighted by Gasteiger charge is -2.12. The first-order valence-electron chi connectivity index (χ1n) is 5.71. The Kier molecular flexibility index (Phi) is 4.46. The lowest BCUT2D eigenvalue weighted by Crippen LogP contribution is -2.16. The van der Waals surface area contributed by atoms with Crippen LogP contribution in [0, 0.1) is 11.6 Å². The summed E-state index contributed by atoms with van der Waals surface area (Å²) in [7, 11) is -4.27. The summed E-state index contributed by atoms with van der Waals surface area (Å²) in [5, 5.41) is 8.87. The first-order chi connectivity index (χ1) is 9.85. The van der Waals surface area contributed by atoms with E-state index in [0.717, 1.165) is 18.2 Å². The molecule has 0 aliphatic heterocycles. The van der Waals surface area contributed by atoms with Crippen LogP contribution >= 0.6 is 11.6 Å². The molecule has 0 aliphatic carbocycles. The van der Waals surface area contributed by atoms with Crippen molar-refractivity contribution < 1.29 is 22.3 Å². The zero-order chi connectivity index (χ0) is 15.6. The molecule has 2 N–H and O–H groups in total.